The summed E-state index contributed by atoms with van der Waals surface area (Å²) >= 11 is 6.47. The first-order chi connectivity index (χ1) is 9.02. The molecule has 0 saturated heterocycles. The van der Waals surface area contributed by atoms with Crippen molar-refractivity contribution in [2.75, 3.05) is 7.11 Å². The van der Waals surface area contributed by atoms with Crippen LogP contribution in [0.3, 0.4) is 0 Å². The van der Waals surface area contributed by atoms with Crippen LogP contribution in [0.4, 0.5) is 8.78 Å². The summed E-state index contributed by atoms with van der Waals surface area (Å²) < 4.78 is 32.8. The zero-order valence-corrected chi connectivity index (χ0v) is 13.1. The predicted molar refractivity (Wildman–Crippen MR) is 77.8 cm³/mol. The SMILES string of the molecule is COc1ccc(C(Br)c2ccc(Br)c(F)c2)c(F)c1. The molecular weight excluding hydrogens is 382 g/mol. The highest BCUT2D eigenvalue weighted by molar-refractivity contribution is 9.10. The number of halogens is 4. The van der Waals surface area contributed by atoms with Crippen molar-refractivity contribution in [3.63, 3.8) is 0 Å². The number of rotatable bonds is 3. The van der Waals surface area contributed by atoms with Gasteiger partial charge in [-0.25, -0.2) is 8.78 Å². The van der Waals surface area contributed by atoms with Gasteiger partial charge in [-0.1, -0.05) is 28.1 Å². The van der Waals surface area contributed by atoms with Crippen molar-refractivity contribution in [2.24, 2.45) is 0 Å². The van der Waals surface area contributed by atoms with Crippen LogP contribution in [0, 0.1) is 11.6 Å². The standard InChI is InChI=1S/C14H10Br2F2O/c1-19-9-3-4-10(12(17)7-9)14(16)8-2-5-11(15)13(18)6-8/h2-7,14H,1H3. The summed E-state index contributed by atoms with van der Waals surface area (Å²) in [4.78, 5) is -0.416. The molecule has 0 heterocycles. The maximum absolute atomic E-state index is 13.9. The van der Waals surface area contributed by atoms with Crippen molar-refractivity contribution in [2.45, 2.75) is 4.83 Å². The smallest absolute Gasteiger partial charge is 0.137 e. The molecule has 2 rings (SSSR count). The van der Waals surface area contributed by atoms with Crippen molar-refractivity contribution in [1.82, 2.24) is 0 Å². The van der Waals surface area contributed by atoms with Crippen molar-refractivity contribution in [3.8, 4) is 5.75 Å². The maximum Gasteiger partial charge on any atom is 0.137 e. The summed E-state index contributed by atoms with van der Waals surface area (Å²) in [5.41, 5.74) is 1.08. The second kappa shape index (κ2) is 6.01. The summed E-state index contributed by atoms with van der Waals surface area (Å²) in [5, 5.41) is 0. The Morgan fingerprint density at radius 3 is 2.37 bits per heavy atom. The summed E-state index contributed by atoms with van der Waals surface area (Å²) in [6.07, 6.45) is 0. The molecule has 0 fully saturated rings. The van der Waals surface area contributed by atoms with Gasteiger partial charge in [0.05, 0.1) is 16.4 Å². The summed E-state index contributed by atoms with van der Waals surface area (Å²) in [6.45, 7) is 0. The molecule has 1 unspecified atom stereocenters. The second-order valence-corrected chi connectivity index (χ2v) is 5.69. The van der Waals surface area contributed by atoms with E-state index in [1.807, 2.05) is 0 Å². The van der Waals surface area contributed by atoms with Crippen LogP contribution in [0.2, 0.25) is 0 Å². The van der Waals surface area contributed by atoms with E-state index in [1.54, 1.807) is 24.3 Å². The van der Waals surface area contributed by atoms with E-state index in [2.05, 4.69) is 31.9 Å². The first kappa shape index (κ1) is 14.5. The van der Waals surface area contributed by atoms with Gasteiger partial charge >= 0.3 is 0 Å². The maximum atomic E-state index is 13.9. The lowest BCUT2D eigenvalue weighted by Crippen LogP contribution is -1.98. The Balaban J connectivity index is 2.38. The third-order valence-electron chi connectivity index (χ3n) is 2.72. The molecule has 0 aromatic heterocycles. The fraction of sp³-hybridized carbons (Fsp3) is 0.143. The van der Waals surface area contributed by atoms with Gasteiger partial charge in [-0.2, -0.15) is 0 Å². The van der Waals surface area contributed by atoms with E-state index in [1.165, 1.54) is 19.2 Å². The monoisotopic (exact) mass is 390 g/mol. The van der Waals surface area contributed by atoms with E-state index in [-0.39, 0.29) is 5.82 Å². The number of methoxy groups -OCH3 is 1. The minimum Gasteiger partial charge on any atom is -0.497 e. The average Bonchev–Trinajstić information content (AvgIpc) is 2.41. The molecule has 0 aliphatic rings. The first-order valence-corrected chi connectivity index (χ1v) is 7.16. The lowest BCUT2D eigenvalue weighted by atomic mass is 10.0. The Kier molecular flexibility index (Phi) is 4.58. The average molecular weight is 392 g/mol. The molecule has 5 heteroatoms. The number of hydrogen-bond acceptors (Lipinski definition) is 1. The van der Waals surface area contributed by atoms with E-state index in [0.717, 1.165) is 0 Å². The van der Waals surface area contributed by atoms with Gasteiger partial charge in [-0.3, -0.25) is 0 Å². The molecule has 0 radical (unpaired) electrons. The molecule has 0 aliphatic heterocycles. The van der Waals surface area contributed by atoms with Crippen molar-refractivity contribution in [3.05, 3.63) is 63.6 Å². The number of benzene rings is 2. The van der Waals surface area contributed by atoms with Crippen LogP contribution < -0.4 is 4.74 Å². The zero-order chi connectivity index (χ0) is 14.0. The molecule has 1 nitrogen and oxygen atoms in total. The van der Waals surface area contributed by atoms with Crippen molar-refractivity contribution < 1.29 is 13.5 Å². The van der Waals surface area contributed by atoms with E-state index in [9.17, 15) is 8.78 Å². The van der Waals surface area contributed by atoms with Crippen LogP contribution in [-0.2, 0) is 0 Å². The fourth-order valence-electron chi connectivity index (χ4n) is 1.69. The van der Waals surface area contributed by atoms with Crippen LogP contribution in [0.5, 0.6) is 5.75 Å². The van der Waals surface area contributed by atoms with Crippen LogP contribution in [-0.4, -0.2) is 7.11 Å². The third kappa shape index (κ3) is 3.15. The normalized spacial score (nSPS) is 12.3. The lowest BCUT2D eigenvalue weighted by molar-refractivity contribution is 0.411. The molecule has 19 heavy (non-hydrogen) atoms. The first-order valence-electron chi connectivity index (χ1n) is 5.45. The molecule has 0 aliphatic carbocycles. The Labute approximate surface area is 126 Å². The van der Waals surface area contributed by atoms with Gasteiger partial charge in [0.25, 0.3) is 0 Å². The zero-order valence-electron chi connectivity index (χ0n) is 9.96. The van der Waals surface area contributed by atoms with E-state index in [0.29, 0.717) is 21.3 Å². The quantitative estimate of drug-likeness (QED) is 0.651. The van der Waals surface area contributed by atoms with Gasteiger partial charge in [0.2, 0.25) is 0 Å². The third-order valence-corrected chi connectivity index (χ3v) is 4.38. The molecule has 2 aromatic rings. The molecule has 0 amide bonds. The Bertz CT molecular complexity index is 602. The summed E-state index contributed by atoms with van der Waals surface area (Å²) in [6, 6.07) is 9.29. The number of ether oxygens (including phenoxy) is 1. The Hall–Kier alpha value is -0.940. The van der Waals surface area contributed by atoms with Crippen LogP contribution in [0.1, 0.15) is 16.0 Å². The molecular formula is C14H10Br2F2O. The summed E-state index contributed by atoms with van der Waals surface area (Å²) in [7, 11) is 1.48. The minimum atomic E-state index is -0.416. The highest BCUT2D eigenvalue weighted by atomic mass is 79.9. The lowest BCUT2D eigenvalue weighted by Gasteiger charge is -2.13. The Morgan fingerprint density at radius 2 is 1.79 bits per heavy atom. The predicted octanol–water partition coefficient (Wildman–Crippen LogP) is 5.22. The van der Waals surface area contributed by atoms with E-state index in [4.69, 9.17) is 4.74 Å². The molecule has 100 valence electrons. The van der Waals surface area contributed by atoms with Gasteiger partial charge in [0.15, 0.2) is 0 Å². The van der Waals surface area contributed by atoms with Crippen LogP contribution in [0.25, 0.3) is 0 Å². The van der Waals surface area contributed by atoms with E-state index >= 15 is 0 Å². The highest BCUT2D eigenvalue weighted by Crippen LogP contribution is 2.35. The molecule has 2 aromatic carbocycles. The number of alkyl halides is 1. The fourth-order valence-corrected chi connectivity index (χ4v) is 2.59. The van der Waals surface area contributed by atoms with E-state index < -0.39 is 10.6 Å². The van der Waals surface area contributed by atoms with Gasteiger partial charge < -0.3 is 4.74 Å². The van der Waals surface area contributed by atoms with Crippen LogP contribution >= 0.6 is 31.9 Å². The largest absolute Gasteiger partial charge is 0.497 e. The topological polar surface area (TPSA) is 9.23 Å². The molecule has 0 N–H and O–H groups in total. The minimum absolute atomic E-state index is 0.379. The summed E-state index contributed by atoms with van der Waals surface area (Å²) in [5.74, 6) is -0.330. The highest BCUT2D eigenvalue weighted by Gasteiger charge is 2.16. The van der Waals surface area contributed by atoms with Gasteiger partial charge in [0, 0.05) is 11.6 Å². The van der Waals surface area contributed by atoms with Gasteiger partial charge in [-0.15, -0.1) is 0 Å². The Morgan fingerprint density at radius 1 is 1.05 bits per heavy atom. The molecule has 0 spiro atoms. The second-order valence-electron chi connectivity index (χ2n) is 3.92. The van der Waals surface area contributed by atoms with Crippen molar-refractivity contribution >= 4 is 31.9 Å². The number of hydrogen-bond donors (Lipinski definition) is 0. The van der Waals surface area contributed by atoms with Crippen LogP contribution in [0.15, 0.2) is 40.9 Å². The van der Waals surface area contributed by atoms with Crippen molar-refractivity contribution in [1.29, 1.82) is 0 Å². The van der Waals surface area contributed by atoms with Gasteiger partial charge in [0.1, 0.15) is 17.4 Å². The van der Waals surface area contributed by atoms with Gasteiger partial charge in [-0.05, 0) is 39.7 Å². The molecule has 0 bridgehead atoms. The molecule has 1 atom stereocenters. The molecule has 0 saturated carbocycles.